The van der Waals surface area contributed by atoms with Gasteiger partial charge in [0.1, 0.15) is 6.10 Å². The molecule has 360 valence electrons. The number of hydrogen-bond donors (Lipinski definition) is 2. The van der Waals surface area contributed by atoms with Crippen molar-refractivity contribution in [2.45, 2.75) is 258 Å². The van der Waals surface area contributed by atoms with E-state index in [-0.39, 0.29) is 32.3 Å². The highest BCUT2D eigenvalue weighted by atomic mass is 31.2. The summed E-state index contributed by atoms with van der Waals surface area (Å²) in [7, 11) is -4.28. The number of unbranched alkanes of at least 4 members (excludes halogenated alkanes) is 31. The summed E-state index contributed by atoms with van der Waals surface area (Å²) in [5.74, 6) is -0.336. The van der Waals surface area contributed by atoms with Gasteiger partial charge in [0.05, 0.1) is 19.8 Å². The lowest BCUT2D eigenvalue weighted by atomic mass is 10.0. The van der Waals surface area contributed by atoms with Crippen LogP contribution in [0.4, 0.5) is 0 Å². The number of esters is 1. The molecular formula is C52H100NO7P. The van der Waals surface area contributed by atoms with E-state index >= 15 is 0 Å². The van der Waals surface area contributed by atoms with E-state index in [0.29, 0.717) is 13.0 Å². The van der Waals surface area contributed by atoms with Crippen LogP contribution in [0.25, 0.3) is 0 Å². The molecule has 0 aromatic rings. The molecule has 0 bridgehead atoms. The number of ether oxygens (including phenoxy) is 2. The van der Waals surface area contributed by atoms with Gasteiger partial charge in [0.15, 0.2) is 0 Å². The quantitative estimate of drug-likeness (QED) is 0.0268. The van der Waals surface area contributed by atoms with Gasteiger partial charge in [-0.15, -0.1) is 0 Å². The Hall–Kier alpha value is -1.28. The summed E-state index contributed by atoms with van der Waals surface area (Å²) in [6, 6.07) is 0. The molecule has 9 heteroatoms. The number of carbonyl (C=O) groups excluding carboxylic acids is 1. The first-order chi connectivity index (χ1) is 29.9. The second kappa shape index (κ2) is 49.7. The molecule has 0 fully saturated rings. The van der Waals surface area contributed by atoms with E-state index in [2.05, 4.69) is 50.3 Å². The van der Waals surface area contributed by atoms with Gasteiger partial charge in [0.25, 0.3) is 0 Å². The second-order valence-corrected chi connectivity index (χ2v) is 18.8. The third-order valence-corrected chi connectivity index (χ3v) is 12.3. The number of hydrogen-bond acceptors (Lipinski definition) is 7. The highest BCUT2D eigenvalue weighted by Gasteiger charge is 2.25. The summed E-state index contributed by atoms with van der Waals surface area (Å²) in [5, 5.41) is 0. The molecule has 2 atom stereocenters. The fraction of sp³-hybridized carbons (Fsp3) is 0.865. The van der Waals surface area contributed by atoms with E-state index < -0.39 is 13.9 Å². The summed E-state index contributed by atoms with van der Waals surface area (Å²) in [5.41, 5.74) is 5.39. The van der Waals surface area contributed by atoms with Crippen molar-refractivity contribution < 1.29 is 32.8 Å². The molecule has 2 unspecified atom stereocenters. The normalized spacial score (nSPS) is 13.6. The number of phosphoric acid groups is 1. The Labute approximate surface area is 378 Å². The molecule has 0 spiro atoms. The molecule has 0 heterocycles. The Morgan fingerprint density at radius 1 is 0.492 bits per heavy atom. The Balaban J connectivity index is 3.89. The maximum atomic E-state index is 12.6. The molecule has 0 aliphatic heterocycles. The lowest BCUT2D eigenvalue weighted by molar-refractivity contribution is -0.154. The molecule has 0 rings (SSSR count). The van der Waals surface area contributed by atoms with Crippen LogP contribution in [0.3, 0.4) is 0 Å². The number of rotatable bonds is 50. The molecule has 0 aromatic heterocycles. The minimum Gasteiger partial charge on any atom is -0.457 e. The van der Waals surface area contributed by atoms with Gasteiger partial charge in [-0.25, -0.2) is 4.57 Å². The molecule has 0 aliphatic rings. The fourth-order valence-corrected chi connectivity index (χ4v) is 8.20. The van der Waals surface area contributed by atoms with Crippen LogP contribution >= 0.6 is 7.82 Å². The maximum absolute atomic E-state index is 12.6. The Bertz CT molecular complexity index is 1040. The number of allylic oxidation sites excluding steroid dienone is 6. The van der Waals surface area contributed by atoms with E-state index in [4.69, 9.17) is 24.3 Å². The van der Waals surface area contributed by atoms with Crippen molar-refractivity contribution in [2.24, 2.45) is 5.73 Å². The van der Waals surface area contributed by atoms with Crippen LogP contribution in [0.5, 0.6) is 0 Å². The third kappa shape index (κ3) is 49.6. The molecule has 0 aromatic carbocycles. The summed E-state index contributed by atoms with van der Waals surface area (Å²) in [6.07, 6.45) is 59.0. The average Bonchev–Trinajstić information content (AvgIpc) is 3.25. The maximum Gasteiger partial charge on any atom is 0.472 e. The van der Waals surface area contributed by atoms with Crippen LogP contribution in [0.1, 0.15) is 251 Å². The number of nitrogens with two attached hydrogens (primary N) is 1. The first kappa shape index (κ1) is 59.7. The zero-order chi connectivity index (χ0) is 44.4. The number of phosphoric ester groups is 1. The molecule has 61 heavy (non-hydrogen) atoms. The van der Waals surface area contributed by atoms with Crippen molar-refractivity contribution in [3.8, 4) is 0 Å². The minimum atomic E-state index is -4.28. The first-order valence-electron chi connectivity index (χ1n) is 26.0. The molecule has 0 saturated heterocycles. The largest absolute Gasteiger partial charge is 0.472 e. The van der Waals surface area contributed by atoms with Crippen molar-refractivity contribution in [2.75, 3.05) is 33.0 Å². The molecule has 0 aliphatic carbocycles. The predicted molar refractivity (Wildman–Crippen MR) is 261 cm³/mol. The summed E-state index contributed by atoms with van der Waals surface area (Å²) >= 11 is 0. The molecule has 8 nitrogen and oxygen atoms in total. The SMILES string of the molecule is CCCCCCC/C=C\C/C=C\CCCCCCCCCCCCCCCCOCC(COP(=O)(O)OCCN)OC(=O)CCCCCCC/C=C\CCCCCCCCC. The van der Waals surface area contributed by atoms with Gasteiger partial charge >= 0.3 is 13.8 Å². The van der Waals surface area contributed by atoms with Crippen molar-refractivity contribution in [3.63, 3.8) is 0 Å². The van der Waals surface area contributed by atoms with Crippen molar-refractivity contribution in [3.05, 3.63) is 36.5 Å². The summed E-state index contributed by atoms with van der Waals surface area (Å²) in [4.78, 5) is 22.6. The van der Waals surface area contributed by atoms with Crippen molar-refractivity contribution in [1.29, 1.82) is 0 Å². The van der Waals surface area contributed by atoms with Gasteiger partial charge in [0.2, 0.25) is 0 Å². The van der Waals surface area contributed by atoms with Crippen LogP contribution in [-0.4, -0.2) is 49.9 Å². The second-order valence-electron chi connectivity index (χ2n) is 17.4. The predicted octanol–water partition coefficient (Wildman–Crippen LogP) is 16.1. The van der Waals surface area contributed by atoms with Gasteiger partial charge in [-0.2, -0.15) is 0 Å². The van der Waals surface area contributed by atoms with Gasteiger partial charge in [-0.3, -0.25) is 13.8 Å². The lowest BCUT2D eigenvalue weighted by Crippen LogP contribution is -2.28. The topological polar surface area (TPSA) is 117 Å². The van der Waals surface area contributed by atoms with Gasteiger partial charge in [-0.1, -0.05) is 211 Å². The van der Waals surface area contributed by atoms with Crippen LogP contribution in [0.2, 0.25) is 0 Å². The lowest BCUT2D eigenvalue weighted by Gasteiger charge is -2.20. The van der Waals surface area contributed by atoms with Crippen LogP contribution in [-0.2, 0) is 27.9 Å². The molecule has 0 amide bonds. The minimum absolute atomic E-state index is 0.0961. The zero-order valence-electron chi connectivity index (χ0n) is 40.2. The van der Waals surface area contributed by atoms with Crippen molar-refractivity contribution in [1.82, 2.24) is 0 Å². The van der Waals surface area contributed by atoms with Gasteiger partial charge in [-0.05, 0) is 70.6 Å². The van der Waals surface area contributed by atoms with E-state index in [1.54, 1.807) is 0 Å². The molecule has 0 radical (unpaired) electrons. The van der Waals surface area contributed by atoms with Crippen LogP contribution in [0, 0.1) is 0 Å². The average molecular weight is 882 g/mol. The van der Waals surface area contributed by atoms with E-state index in [0.717, 1.165) is 51.4 Å². The first-order valence-corrected chi connectivity index (χ1v) is 27.5. The Kier molecular flexibility index (Phi) is 48.7. The van der Waals surface area contributed by atoms with Crippen LogP contribution in [0.15, 0.2) is 36.5 Å². The van der Waals surface area contributed by atoms with Gasteiger partial charge < -0.3 is 20.1 Å². The highest BCUT2D eigenvalue weighted by Crippen LogP contribution is 2.43. The summed E-state index contributed by atoms with van der Waals surface area (Å²) < 4.78 is 33.6. The Morgan fingerprint density at radius 2 is 0.869 bits per heavy atom. The zero-order valence-corrected chi connectivity index (χ0v) is 41.1. The van der Waals surface area contributed by atoms with Crippen LogP contribution < -0.4 is 5.73 Å². The molecule has 0 saturated carbocycles. The Morgan fingerprint density at radius 3 is 1.30 bits per heavy atom. The van der Waals surface area contributed by atoms with Crippen molar-refractivity contribution >= 4 is 13.8 Å². The fourth-order valence-electron chi connectivity index (χ4n) is 7.44. The smallest absolute Gasteiger partial charge is 0.457 e. The molecular weight excluding hydrogens is 782 g/mol. The van der Waals surface area contributed by atoms with E-state index in [1.165, 1.54) is 180 Å². The van der Waals surface area contributed by atoms with E-state index in [1.807, 2.05) is 0 Å². The number of carbonyl (C=O) groups is 1. The van der Waals surface area contributed by atoms with Gasteiger partial charge in [0, 0.05) is 19.6 Å². The standard InChI is InChI=1S/C52H100NO7P/c1-3-5-7-9-11-13-15-17-19-21-22-23-24-25-26-27-28-29-30-32-34-36-38-40-42-44-47-57-49-51(50-59-61(55,56)58-48-46-53)60-52(54)45-43-41-39-37-35-33-31-20-18-16-14-12-10-8-6-4-2/h15,17,20-22,31,51H,3-14,16,18-19,23-30,32-50,53H2,1-2H3,(H,55,56)/b17-15-,22-21-,31-20-. The summed E-state index contributed by atoms with van der Waals surface area (Å²) in [6.45, 7) is 4.93. The molecule has 3 N–H and O–H groups in total. The highest BCUT2D eigenvalue weighted by molar-refractivity contribution is 7.47. The van der Waals surface area contributed by atoms with E-state index in [9.17, 15) is 14.3 Å². The third-order valence-electron chi connectivity index (χ3n) is 11.3. The monoisotopic (exact) mass is 882 g/mol.